The average Bonchev–Trinajstić information content (AvgIpc) is 2.89. The molecule has 0 atom stereocenters. The maximum absolute atomic E-state index is 11.7. The van der Waals surface area contributed by atoms with E-state index in [4.69, 9.17) is 5.73 Å². The third kappa shape index (κ3) is 2.41. The Labute approximate surface area is 95.5 Å². The van der Waals surface area contributed by atoms with Crippen LogP contribution in [-0.4, -0.2) is 31.6 Å². The van der Waals surface area contributed by atoms with Crippen molar-refractivity contribution in [3.05, 3.63) is 24.4 Å². The van der Waals surface area contributed by atoms with Crippen LogP contribution in [0.4, 0.5) is 5.00 Å². The molecule has 0 spiro atoms. The number of anilines is 1. The van der Waals surface area contributed by atoms with Crippen molar-refractivity contribution in [1.82, 2.24) is 19.1 Å². The van der Waals surface area contributed by atoms with Crippen LogP contribution in [0.1, 0.15) is 10.5 Å². The molecule has 0 unspecified atom stereocenters. The first-order valence-electron chi connectivity index (χ1n) is 4.60. The molecule has 0 bridgehead atoms. The summed E-state index contributed by atoms with van der Waals surface area (Å²) in [5.41, 5.74) is 5.74. The van der Waals surface area contributed by atoms with Crippen LogP contribution < -0.4 is 11.1 Å². The molecule has 1 amide bonds. The van der Waals surface area contributed by atoms with Crippen molar-refractivity contribution < 1.29 is 4.79 Å². The molecule has 2 aromatic rings. The van der Waals surface area contributed by atoms with E-state index >= 15 is 0 Å². The predicted molar refractivity (Wildman–Crippen MR) is 59.1 cm³/mol. The maximum Gasteiger partial charge on any atom is 0.276 e. The van der Waals surface area contributed by atoms with E-state index in [0.29, 0.717) is 23.8 Å². The minimum atomic E-state index is -0.276. The van der Waals surface area contributed by atoms with Gasteiger partial charge in [-0.05, 0) is 0 Å². The standard InChI is InChI=1S/C8H10N6OS/c9-1-2-14-4-6(10-5-14)8(15)12-7-3-11-13-16-7/h3-5H,1-2,9H2,(H,12,15). The minimum Gasteiger partial charge on any atom is -0.335 e. The Kier molecular flexibility index (Phi) is 3.22. The van der Waals surface area contributed by atoms with Crippen LogP contribution in [0.3, 0.4) is 0 Å². The van der Waals surface area contributed by atoms with Crippen LogP contribution in [0, 0.1) is 0 Å². The number of amides is 1. The Morgan fingerprint density at radius 2 is 2.50 bits per heavy atom. The molecule has 2 rings (SSSR count). The Balaban J connectivity index is 2.03. The molecule has 0 radical (unpaired) electrons. The molecule has 0 aromatic carbocycles. The SMILES string of the molecule is NCCn1cnc(C(=O)Nc2cnns2)c1. The minimum absolute atomic E-state index is 0.276. The van der Waals surface area contributed by atoms with Crippen LogP contribution in [0.2, 0.25) is 0 Å². The van der Waals surface area contributed by atoms with Crippen LogP contribution in [0.25, 0.3) is 0 Å². The van der Waals surface area contributed by atoms with Gasteiger partial charge in [0.1, 0.15) is 10.7 Å². The molecule has 0 aliphatic carbocycles. The van der Waals surface area contributed by atoms with E-state index in [9.17, 15) is 4.79 Å². The molecule has 0 aliphatic heterocycles. The van der Waals surface area contributed by atoms with Gasteiger partial charge in [-0.1, -0.05) is 4.49 Å². The number of aromatic nitrogens is 4. The van der Waals surface area contributed by atoms with Gasteiger partial charge in [-0.2, -0.15) is 0 Å². The summed E-state index contributed by atoms with van der Waals surface area (Å²) in [6, 6.07) is 0. The van der Waals surface area contributed by atoms with E-state index < -0.39 is 0 Å². The highest BCUT2D eigenvalue weighted by atomic mass is 32.1. The van der Waals surface area contributed by atoms with Crippen LogP contribution in [0.5, 0.6) is 0 Å². The molecule has 0 fully saturated rings. The lowest BCUT2D eigenvalue weighted by Gasteiger charge is -1.97. The number of hydrogen-bond acceptors (Lipinski definition) is 6. The van der Waals surface area contributed by atoms with Gasteiger partial charge in [-0.15, -0.1) is 5.10 Å². The van der Waals surface area contributed by atoms with Gasteiger partial charge in [-0.3, -0.25) is 4.79 Å². The maximum atomic E-state index is 11.7. The lowest BCUT2D eigenvalue weighted by atomic mass is 10.4. The molecular weight excluding hydrogens is 228 g/mol. The van der Waals surface area contributed by atoms with Gasteiger partial charge in [0.05, 0.1) is 12.5 Å². The fraction of sp³-hybridized carbons (Fsp3) is 0.250. The van der Waals surface area contributed by atoms with E-state index in [2.05, 4.69) is 19.9 Å². The second-order valence-electron chi connectivity index (χ2n) is 3.02. The fourth-order valence-electron chi connectivity index (χ4n) is 1.15. The van der Waals surface area contributed by atoms with Gasteiger partial charge in [0, 0.05) is 30.8 Å². The number of carbonyl (C=O) groups excluding carboxylic acids is 1. The summed E-state index contributed by atoms with van der Waals surface area (Å²) in [5.74, 6) is -0.276. The van der Waals surface area contributed by atoms with Crippen LogP contribution in [-0.2, 0) is 6.54 Å². The third-order valence-corrected chi connectivity index (χ3v) is 2.43. The largest absolute Gasteiger partial charge is 0.335 e. The summed E-state index contributed by atoms with van der Waals surface area (Å²) >= 11 is 1.12. The lowest BCUT2D eigenvalue weighted by molar-refractivity contribution is 0.102. The highest BCUT2D eigenvalue weighted by molar-refractivity contribution is 7.10. The smallest absolute Gasteiger partial charge is 0.276 e. The number of nitrogens with zero attached hydrogens (tertiary/aromatic N) is 4. The molecule has 0 aliphatic rings. The summed E-state index contributed by atoms with van der Waals surface area (Å²) in [7, 11) is 0. The average molecular weight is 238 g/mol. The summed E-state index contributed by atoms with van der Waals surface area (Å²) in [4.78, 5) is 15.6. The Morgan fingerprint density at radius 1 is 1.62 bits per heavy atom. The second-order valence-corrected chi connectivity index (χ2v) is 3.81. The van der Waals surface area contributed by atoms with Crippen molar-refractivity contribution >= 4 is 22.4 Å². The van der Waals surface area contributed by atoms with E-state index in [0.717, 1.165) is 11.5 Å². The first-order chi connectivity index (χ1) is 7.79. The van der Waals surface area contributed by atoms with Crippen molar-refractivity contribution in [1.29, 1.82) is 0 Å². The van der Waals surface area contributed by atoms with Gasteiger partial charge in [-0.25, -0.2) is 4.98 Å². The summed E-state index contributed by atoms with van der Waals surface area (Å²) < 4.78 is 5.40. The summed E-state index contributed by atoms with van der Waals surface area (Å²) in [5, 5.41) is 6.85. The number of carbonyl (C=O) groups is 1. The van der Waals surface area contributed by atoms with E-state index in [1.165, 1.54) is 6.20 Å². The molecule has 8 heteroatoms. The molecule has 16 heavy (non-hydrogen) atoms. The zero-order valence-electron chi connectivity index (χ0n) is 8.33. The van der Waals surface area contributed by atoms with E-state index in [-0.39, 0.29) is 5.91 Å². The second kappa shape index (κ2) is 4.81. The molecule has 2 aromatic heterocycles. The monoisotopic (exact) mass is 238 g/mol. The van der Waals surface area contributed by atoms with Gasteiger partial charge < -0.3 is 15.6 Å². The lowest BCUT2D eigenvalue weighted by Crippen LogP contribution is -2.12. The Morgan fingerprint density at radius 3 is 3.19 bits per heavy atom. The van der Waals surface area contributed by atoms with Gasteiger partial charge in [0.15, 0.2) is 0 Å². The third-order valence-electron chi connectivity index (χ3n) is 1.85. The predicted octanol–water partition coefficient (Wildman–Crippen LogP) is -0.0544. The van der Waals surface area contributed by atoms with Crippen molar-refractivity contribution in [2.45, 2.75) is 6.54 Å². The van der Waals surface area contributed by atoms with Gasteiger partial charge in [0.2, 0.25) is 0 Å². The molecule has 84 valence electrons. The van der Waals surface area contributed by atoms with E-state index in [1.54, 1.807) is 17.1 Å². The molecule has 0 saturated heterocycles. The van der Waals surface area contributed by atoms with E-state index in [1.807, 2.05) is 0 Å². The van der Waals surface area contributed by atoms with Crippen molar-refractivity contribution in [2.24, 2.45) is 5.73 Å². The number of imidazole rings is 1. The molecule has 3 N–H and O–H groups in total. The summed E-state index contributed by atoms with van der Waals surface area (Å²) in [6.07, 6.45) is 4.71. The number of rotatable bonds is 4. The van der Waals surface area contributed by atoms with Crippen molar-refractivity contribution in [2.75, 3.05) is 11.9 Å². The normalized spacial score (nSPS) is 10.3. The fourth-order valence-corrected chi connectivity index (χ4v) is 1.56. The molecule has 0 saturated carbocycles. The van der Waals surface area contributed by atoms with Crippen molar-refractivity contribution in [3.8, 4) is 0 Å². The molecule has 7 nitrogen and oxygen atoms in total. The van der Waals surface area contributed by atoms with Crippen LogP contribution in [0.15, 0.2) is 18.7 Å². The highest BCUT2D eigenvalue weighted by Gasteiger charge is 2.10. The Hall–Kier alpha value is -1.80. The summed E-state index contributed by atoms with van der Waals surface area (Å²) in [6.45, 7) is 1.15. The van der Waals surface area contributed by atoms with Gasteiger partial charge >= 0.3 is 0 Å². The topological polar surface area (TPSA) is 98.7 Å². The number of nitrogens with two attached hydrogens (primary N) is 1. The number of nitrogens with one attached hydrogen (secondary N) is 1. The molecule has 2 heterocycles. The van der Waals surface area contributed by atoms with Crippen LogP contribution >= 0.6 is 11.5 Å². The quantitative estimate of drug-likeness (QED) is 0.777. The first kappa shape index (κ1) is 10.7. The zero-order valence-corrected chi connectivity index (χ0v) is 9.15. The Bertz CT molecular complexity index is 465. The molecular formula is C8H10N6OS. The first-order valence-corrected chi connectivity index (χ1v) is 5.37. The highest BCUT2D eigenvalue weighted by Crippen LogP contribution is 2.10. The van der Waals surface area contributed by atoms with Crippen molar-refractivity contribution in [3.63, 3.8) is 0 Å². The number of hydrogen-bond donors (Lipinski definition) is 2. The van der Waals surface area contributed by atoms with Gasteiger partial charge in [0.25, 0.3) is 5.91 Å². The zero-order chi connectivity index (χ0) is 11.4.